The summed E-state index contributed by atoms with van der Waals surface area (Å²) in [6, 6.07) is 12.1. The number of pyridine rings is 3. The average molecular weight is 598 g/mol. The summed E-state index contributed by atoms with van der Waals surface area (Å²) < 4.78 is 38.0. The van der Waals surface area contributed by atoms with Gasteiger partial charge in [-0.25, -0.2) is 22.8 Å². The van der Waals surface area contributed by atoms with Crippen LogP contribution in [0.1, 0.15) is 25.3 Å². The van der Waals surface area contributed by atoms with Gasteiger partial charge in [0.05, 0.1) is 29.0 Å². The minimum absolute atomic E-state index is 0.0628. The Labute approximate surface area is 246 Å². The number of benzene rings is 1. The van der Waals surface area contributed by atoms with Crippen molar-refractivity contribution in [1.82, 2.24) is 30.1 Å². The smallest absolute Gasteiger partial charge is 0.224 e. The number of aromatic nitrogens is 6. The van der Waals surface area contributed by atoms with E-state index in [4.69, 9.17) is 0 Å². The highest BCUT2D eigenvalue weighted by molar-refractivity contribution is 7.90. The molecule has 0 aliphatic carbocycles. The third-order valence-electron chi connectivity index (χ3n) is 7.07. The van der Waals surface area contributed by atoms with Crippen molar-refractivity contribution in [2.45, 2.75) is 26.2 Å². The topological polar surface area (TPSA) is 146 Å². The molecule has 0 aliphatic heterocycles. The molecule has 1 aromatic carbocycles. The molecule has 0 spiro atoms. The molecule has 0 saturated heterocycles. The van der Waals surface area contributed by atoms with Crippen molar-refractivity contribution >= 4 is 43.5 Å². The van der Waals surface area contributed by atoms with Gasteiger partial charge in [-0.3, -0.25) is 14.9 Å². The quantitative estimate of drug-likeness (QED) is 0.194. The van der Waals surface area contributed by atoms with Gasteiger partial charge in [0.25, 0.3) is 0 Å². The SMILES string of the molecule is CCCC(=O)Nc1cncc(-c2cnc3n[nH]c(-c4cc5c(-c6cc(F)cc(CCS(C)(=O)=O)c6)ccnc5[nH]4)c3c2)c1. The number of amides is 1. The number of nitrogens with zero attached hydrogens (tertiary/aromatic N) is 4. The molecule has 218 valence electrons. The second-order valence-electron chi connectivity index (χ2n) is 10.5. The fourth-order valence-electron chi connectivity index (χ4n) is 5.05. The molecule has 0 saturated carbocycles. The fourth-order valence-corrected chi connectivity index (χ4v) is 5.65. The van der Waals surface area contributed by atoms with Gasteiger partial charge >= 0.3 is 0 Å². The number of halogens is 1. The van der Waals surface area contributed by atoms with E-state index in [1.807, 2.05) is 31.2 Å². The Bertz CT molecular complexity index is 2100. The summed E-state index contributed by atoms with van der Waals surface area (Å²) >= 11 is 0. The predicted molar refractivity (Wildman–Crippen MR) is 165 cm³/mol. The van der Waals surface area contributed by atoms with Gasteiger partial charge in [0, 0.05) is 53.2 Å². The Morgan fingerprint density at radius 3 is 2.63 bits per heavy atom. The fraction of sp³-hybridized carbons (Fsp3) is 0.194. The summed E-state index contributed by atoms with van der Waals surface area (Å²) in [6.07, 6.45) is 9.23. The van der Waals surface area contributed by atoms with E-state index in [0.29, 0.717) is 45.9 Å². The third kappa shape index (κ3) is 6.14. The van der Waals surface area contributed by atoms with Crippen molar-refractivity contribution in [3.63, 3.8) is 0 Å². The third-order valence-corrected chi connectivity index (χ3v) is 8.02. The molecule has 0 atom stereocenters. The van der Waals surface area contributed by atoms with E-state index in [9.17, 15) is 17.6 Å². The van der Waals surface area contributed by atoms with Crippen LogP contribution in [0.15, 0.2) is 67.3 Å². The highest BCUT2D eigenvalue weighted by Gasteiger charge is 2.16. The van der Waals surface area contributed by atoms with Crippen LogP contribution >= 0.6 is 0 Å². The molecule has 0 unspecified atom stereocenters. The monoisotopic (exact) mass is 597 g/mol. The van der Waals surface area contributed by atoms with Crippen LogP contribution in [-0.4, -0.2) is 56.5 Å². The van der Waals surface area contributed by atoms with E-state index in [1.54, 1.807) is 30.9 Å². The van der Waals surface area contributed by atoms with Gasteiger partial charge in [-0.15, -0.1) is 0 Å². The van der Waals surface area contributed by atoms with Crippen LogP contribution in [-0.2, 0) is 21.1 Å². The average Bonchev–Trinajstić information content (AvgIpc) is 3.59. The summed E-state index contributed by atoms with van der Waals surface area (Å²) in [5, 5.41) is 11.8. The van der Waals surface area contributed by atoms with Crippen LogP contribution < -0.4 is 5.32 Å². The van der Waals surface area contributed by atoms with Crippen molar-refractivity contribution in [3.05, 3.63) is 78.6 Å². The first kappa shape index (κ1) is 28.2. The molecule has 5 aromatic heterocycles. The molecule has 10 nitrogen and oxygen atoms in total. The zero-order valence-electron chi connectivity index (χ0n) is 23.5. The summed E-state index contributed by atoms with van der Waals surface area (Å²) in [7, 11) is -3.19. The molecular formula is C31H28FN7O3S. The number of fused-ring (bicyclic) bond motifs is 2. The number of carbonyl (C=O) groups excluding carboxylic acids is 1. The molecule has 6 aromatic rings. The summed E-state index contributed by atoms with van der Waals surface area (Å²) in [6.45, 7) is 1.95. The molecule has 0 aliphatic rings. The molecule has 43 heavy (non-hydrogen) atoms. The molecule has 0 radical (unpaired) electrons. The van der Waals surface area contributed by atoms with Crippen LogP contribution in [0.5, 0.6) is 0 Å². The van der Waals surface area contributed by atoms with Gasteiger partial charge in [-0.05, 0) is 65.9 Å². The van der Waals surface area contributed by atoms with E-state index in [1.165, 1.54) is 18.4 Å². The van der Waals surface area contributed by atoms with Crippen LogP contribution in [0.4, 0.5) is 10.1 Å². The number of aromatic amines is 2. The number of hydrogen-bond donors (Lipinski definition) is 3. The highest BCUT2D eigenvalue weighted by atomic mass is 32.2. The van der Waals surface area contributed by atoms with E-state index in [0.717, 1.165) is 33.9 Å². The lowest BCUT2D eigenvalue weighted by molar-refractivity contribution is -0.116. The number of nitrogens with one attached hydrogen (secondary N) is 3. The Hall–Kier alpha value is -4.97. The van der Waals surface area contributed by atoms with Gasteiger partial charge in [0.1, 0.15) is 21.3 Å². The number of hydrogen-bond acceptors (Lipinski definition) is 7. The van der Waals surface area contributed by atoms with Crippen molar-refractivity contribution in [2.24, 2.45) is 0 Å². The molecule has 12 heteroatoms. The zero-order chi connectivity index (χ0) is 30.1. The van der Waals surface area contributed by atoms with Crippen molar-refractivity contribution in [1.29, 1.82) is 0 Å². The Kier molecular flexibility index (Phi) is 7.45. The summed E-state index contributed by atoms with van der Waals surface area (Å²) in [4.78, 5) is 28.7. The summed E-state index contributed by atoms with van der Waals surface area (Å²) in [5.41, 5.74) is 6.69. The molecule has 3 N–H and O–H groups in total. The van der Waals surface area contributed by atoms with E-state index in [2.05, 4.69) is 35.5 Å². The first-order valence-corrected chi connectivity index (χ1v) is 15.8. The number of aryl methyl sites for hydroxylation is 1. The number of rotatable bonds is 9. The Balaban J connectivity index is 1.37. The lowest BCUT2D eigenvalue weighted by atomic mass is 10.00. The van der Waals surface area contributed by atoms with Gasteiger partial charge in [0.15, 0.2) is 5.65 Å². The Morgan fingerprint density at radius 1 is 0.977 bits per heavy atom. The number of H-pyrrole nitrogens is 2. The van der Waals surface area contributed by atoms with Gasteiger partial charge < -0.3 is 10.3 Å². The standard InChI is InChI=1S/C31H28FN7O3S/c1-3-4-28(40)36-23-12-20(15-33-17-23)21-13-26-29(38-39-31(26)35-16-21)27-14-25-24(5-7-34-30(25)37-27)19-9-18(10-22(32)11-19)6-8-43(2,41)42/h5,7,9-17H,3-4,6,8H2,1-2H3,(H,34,37)(H,36,40)(H,35,38,39). The highest BCUT2D eigenvalue weighted by Crippen LogP contribution is 2.35. The zero-order valence-corrected chi connectivity index (χ0v) is 24.3. The lowest BCUT2D eigenvalue weighted by Crippen LogP contribution is -2.10. The maximum absolute atomic E-state index is 14.6. The minimum Gasteiger partial charge on any atom is -0.338 e. The van der Waals surface area contributed by atoms with Gasteiger partial charge in [-0.2, -0.15) is 5.10 Å². The molecule has 1 amide bonds. The predicted octanol–water partition coefficient (Wildman–Crippen LogP) is 5.70. The van der Waals surface area contributed by atoms with Crippen molar-refractivity contribution in [3.8, 4) is 33.6 Å². The second kappa shape index (κ2) is 11.4. The molecule has 6 rings (SSSR count). The summed E-state index contributed by atoms with van der Waals surface area (Å²) in [5.74, 6) is -0.571. The van der Waals surface area contributed by atoms with Crippen LogP contribution in [0.25, 0.3) is 55.7 Å². The molecule has 0 bridgehead atoms. The molecular weight excluding hydrogens is 569 g/mol. The van der Waals surface area contributed by atoms with Gasteiger partial charge in [0.2, 0.25) is 5.91 Å². The number of carbonyl (C=O) groups is 1. The van der Waals surface area contributed by atoms with E-state index >= 15 is 0 Å². The lowest BCUT2D eigenvalue weighted by Gasteiger charge is -2.07. The largest absolute Gasteiger partial charge is 0.338 e. The molecule has 5 heterocycles. The number of anilines is 1. The first-order chi connectivity index (χ1) is 20.7. The van der Waals surface area contributed by atoms with Gasteiger partial charge in [-0.1, -0.05) is 13.0 Å². The van der Waals surface area contributed by atoms with Crippen LogP contribution in [0.3, 0.4) is 0 Å². The van der Waals surface area contributed by atoms with Crippen LogP contribution in [0.2, 0.25) is 0 Å². The maximum atomic E-state index is 14.6. The van der Waals surface area contributed by atoms with E-state index in [-0.39, 0.29) is 18.1 Å². The van der Waals surface area contributed by atoms with Crippen LogP contribution in [0, 0.1) is 5.82 Å². The second-order valence-corrected chi connectivity index (χ2v) is 12.7. The Morgan fingerprint density at radius 2 is 1.81 bits per heavy atom. The van der Waals surface area contributed by atoms with Crippen molar-refractivity contribution < 1.29 is 17.6 Å². The molecule has 0 fully saturated rings. The van der Waals surface area contributed by atoms with Crippen molar-refractivity contribution in [2.75, 3.05) is 17.3 Å². The maximum Gasteiger partial charge on any atom is 0.224 e. The number of sulfone groups is 1. The first-order valence-electron chi connectivity index (χ1n) is 13.7. The van der Waals surface area contributed by atoms with E-state index < -0.39 is 15.7 Å². The normalized spacial score (nSPS) is 11.8. The minimum atomic E-state index is -3.19.